The van der Waals surface area contributed by atoms with Crippen molar-refractivity contribution < 1.29 is 17.9 Å². The molecule has 2 rings (SSSR count). The van der Waals surface area contributed by atoms with Crippen molar-refractivity contribution in [2.45, 2.75) is 51.0 Å². The van der Waals surface area contributed by atoms with Gasteiger partial charge in [-0.05, 0) is 61.7 Å². The summed E-state index contributed by atoms with van der Waals surface area (Å²) in [7, 11) is -2.25. The standard InChI is InChI=1S/C21H28N2O4S/c1-14-10-11-18(28(25,26)22-6)13-19(14)23-20(24)15(2)27-17-9-7-8-16(12-17)21(3,4)5/h7-13,15,22H,1-6H3,(H,23,24). The number of amides is 1. The molecule has 0 saturated heterocycles. The summed E-state index contributed by atoms with van der Waals surface area (Å²) < 4.78 is 32.0. The highest BCUT2D eigenvalue weighted by Gasteiger charge is 2.19. The van der Waals surface area contributed by atoms with Crippen LogP contribution in [0.5, 0.6) is 5.75 Å². The Morgan fingerprint density at radius 3 is 2.39 bits per heavy atom. The SMILES string of the molecule is CNS(=O)(=O)c1ccc(C)c(NC(=O)C(C)Oc2cccc(C(C)(C)C)c2)c1. The third kappa shape index (κ3) is 5.33. The minimum absolute atomic E-state index is 0.0266. The first kappa shape index (κ1) is 21.9. The quantitative estimate of drug-likeness (QED) is 0.770. The minimum Gasteiger partial charge on any atom is -0.481 e. The molecular weight excluding hydrogens is 376 g/mol. The van der Waals surface area contributed by atoms with Gasteiger partial charge in [0.2, 0.25) is 10.0 Å². The number of ether oxygens (including phenoxy) is 1. The van der Waals surface area contributed by atoms with Crippen LogP contribution in [0.25, 0.3) is 0 Å². The molecule has 7 heteroatoms. The average Bonchev–Trinajstić information content (AvgIpc) is 2.62. The van der Waals surface area contributed by atoms with Crippen molar-refractivity contribution >= 4 is 21.6 Å². The second-order valence-electron chi connectivity index (χ2n) is 7.71. The summed E-state index contributed by atoms with van der Waals surface area (Å²) in [5.74, 6) is 0.251. The number of carbonyl (C=O) groups is 1. The Kier molecular flexibility index (Phi) is 6.52. The van der Waals surface area contributed by atoms with Crippen molar-refractivity contribution in [2.75, 3.05) is 12.4 Å². The lowest BCUT2D eigenvalue weighted by Gasteiger charge is -2.21. The molecule has 28 heavy (non-hydrogen) atoms. The molecule has 1 unspecified atom stereocenters. The van der Waals surface area contributed by atoms with E-state index in [1.54, 1.807) is 19.9 Å². The summed E-state index contributed by atoms with van der Waals surface area (Å²) in [6.45, 7) is 9.78. The van der Waals surface area contributed by atoms with Crippen LogP contribution >= 0.6 is 0 Å². The monoisotopic (exact) mass is 404 g/mol. The molecule has 6 nitrogen and oxygen atoms in total. The number of hydrogen-bond acceptors (Lipinski definition) is 4. The maximum atomic E-state index is 12.6. The number of carbonyl (C=O) groups excluding carboxylic acids is 1. The molecule has 0 aliphatic carbocycles. The molecule has 0 aromatic heterocycles. The number of benzene rings is 2. The molecule has 1 amide bonds. The van der Waals surface area contributed by atoms with Crippen LogP contribution in [0, 0.1) is 6.92 Å². The van der Waals surface area contributed by atoms with Crippen molar-refractivity contribution in [2.24, 2.45) is 0 Å². The molecule has 0 heterocycles. The zero-order valence-corrected chi connectivity index (χ0v) is 18.0. The molecule has 0 aliphatic rings. The van der Waals surface area contributed by atoms with Crippen LogP contribution in [-0.4, -0.2) is 27.5 Å². The summed E-state index contributed by atoms with van der Waals surface area (Å²) in [5, 5.41) is 2.76. The van der Waals surface area contributed by atoms with Crippen molar-refractivity contribution in [1.29, 1.82) is 0 Å². The molecule has 2 N–H and O–H groups in total. The predicted octanol–water partition coefficient (Wildman–Crippen LogP) is 3.61. The Labute approximate surface area is 167 Å². The van der Waals surface area contributed by atoms with Crippen LogP contribution in [0.1, 0.15) is 38.8 Å². The lowest BCUT2D eigenvalue weighted by Crippen LogP contribution is -2.30. The Morgan fingerprint density at radius 2 is 1.79 bits per heavy atom. The largest absolute Gasteiger partial charge is 0.481 e. The van der Waals surface area contributed by atoms with E-state index in [1.807, 2.05) is 24.3 Å². The van der Waals surface area contributed by atoms with Crippen molar-refractivity contribution in [3.8, 4) is 5.75 Å². The molecule has 0 spiro atoms. The van der Waals surface area contributed by atoms with E-state index in [9.17, 15) is 13.2 Å². The van der Waals surface area contributed by atoms with Gasteiger partial charge in [-0.3, -0.25) is 4.79 Å². The maximum Gasteiger partial charge on any atom is 0.265 e. The zero-order chi connectivity index (χ0) is 21.1. The van der Waals surface area contributed by atoms with Crippen LogP contribution in [-0.2, 0) is 20.2 Å². The Balaban J connectivity index is 2.16. The first-order valence-electron chi connectivity index (χ1n) is 9.06. The molecule has 1 atom stereocenters. The Morgan fingerprint density at radius 1 is 1.11 bits per heavy atom. The lowest BCUT2D eigenvalue weighted by molar-refractivity contribution is -0.122. The number of nitrogens with one attached hydrogen (secondary N) is 2. The normalized spacial score (nSPS) is 13.1. The second kappa shape index (κ2) is 8.32. The van der Waals surface area contributed by atoms with E-state index in [0.29, 0.717) is 11.4 Å². The van der Waals surface area contributed by atoms with Gasteiger partial charge in [-0.25, -0.2) is 13.1 Å². The van der Waals surface area contributed by atoms with E-state index in [-0.39, 0.29) is 16.2 Å². The number of anilines is 1. The molecule has 2 aromatic carbocycles. The third-order valence-corrected chi connectivity index (χ3v) is 5.84. The summed E-state index contributed by atoms with van der Waals surface area (Å²) in [4.78, 5) is 12.7. The fraction of sp³-hybridized carbons (Fsp3) is 0.381. The molecule has 0 bridgehead atoms. The number of sulfonamides is 1. The molecule has 152 valence electrons. The number of rotatable bonds is 6. The number of aryl methyl sites for hydroxylation is 1. The van der Waals surface area contributed by atoms with Crippen LogP contribution in [0.15, 0.2) is 47.4 Å². The van der Waals surface area contributed by atoms with E-state index in [0.717, 1.165) is 11.1 Å². The van der Waals surface area contributed by atoms with E-state index in [4.69, 9.17) is 4.74 Å². The van der Waals surface area contributed by atoms with Crippen LogP contribution in [0.4, 0.5) is 5.69 Å². The zero-order valence-electron chi connectivity index (χ0n) is 17.2. The summed E-state index contributed by atoms with van der Waals surface area (Å²) in [5.41, 5.74) is 2.27. The average molecular weight is 405 g/mol. The van der Waals surface area contributed by atoms with Gasteiger partial charge in [-0.1, -0.05) is 39.0 Å². The Hall–Kier alpha value is -2.38. The highest BCUT2D eigenvalue weighted by molar-refractivity contribution is 7.89. The van der Waals surface area contributed by atoms with Gasteiger partial charge in [0.25, 0.3) is 5.91 Å². The molecule has 0 radical (unpaired) electrons. The number of hydrogen-bond donors (Lipinski definition) is 2. The van der Waals surface area contributed by atoms with E-state index in [2.05, 4.69) is 30.8 Å². The van der Waals surface area contributed by atoms with Gasteiger partial charge >= 0.3 is 0 Å². The van der Waals surface area contributed by atoms with E-state index >= 15 is 0 Å². The van der Waals surface area contributed by atoms with Crippen LogP contribution in [0.3, 0.4) is 0 Å². The molecule has 0 saturated carbocycles. The van der Waals surface area contributed by atoms with Gasteiger partial charge in [0.15, 0.2) is 6.10 Å². The Bertz CT molecular complexity index is 963. The summed E-state index contributed by atoms with van der Waals surface area (Å²) >= 11 is 0. The van der Waals surface area contributed by atoms with Gasteiger partial charge in [0.1, 0.15) is 5.75 Å². The van der Waals surface area contributed by atoms with Gasteiger partial charge in [-0.2, -0.15) is 0 Å². The summed E-state index contributed by atoms with van der Waals surface area (Å²) in [6.07, 6.45) is -0.751. The van der Waals surface area contributed by atoms with Crippen molar-refractivity contribution in [1.82, 2.24) is 4.72 Å². The third-order valence-electron chi connectivity index (χ3n) is 4.43. The van der Waals surface area contributed by atoms with Crippen LogP contribution < -0.4 is 14.8 Å². The second-order valence-corrected chi connectivity index (χ2v) is 9.60. The molecule has 2 aromatic rings. The highest BCUT2D eigenvalue weighted by Crippen LogP contribution is 2.26. The minimum atomic E-state index is -3.59. The molecule has 0 fully saturated rings. The molecular formula is C21H28N2O4S. The van der Waals surface area contributed by atoms with E-state index < -0.39 is 16.1 Å². The lowest BCUT2D eigenvalue weighted by atomic mass is 9.87. The molecule has 0 aliphatic heterocycles. The smallest absolute Gasteiger partial charge is 0.265 e. The fourth-order valence-electron chi connectivity index (χ4n) is 2.55. The topological polar surface area (TPSA) is 84.5 Å². The van der Waals surface area contributed by atoms with E-state index in [1.165, 1.54) is 19.2 Å². The summed E-state index contributed by atoms with van der Waals surface area (Å²) in [6, 6.07) is 12.2. The van der Waals surface area contributed by atoms with Gasteiger partial charge in [-0.15, -0.1) is 0 Å². The van der Waals surface area contributed by atoms with Crippen molar-refractivity contribution in [3.63, 3.8) is 0 Å². The van der Waals surface area contributed by atoms with Crippen LogP contribution in [0.2, 0.25) is 0 Å². The predicted molar refractivity (Wildman–Crippen MR) is 111 cm³/mol. The maximum absolute atomic E-state index is 12.6. The van der Waals surface area contributed by atoms with Gasteiger partial charge in [0.05, 0.1) is 4.90 Å². The first-order valence-corrected chi connectivity index (χ1v) is 10.5. The van der Waals surface area contributed by atoms with Gasteiger partial charge < -0.3 is 10.1 Å². The first-order chi connectivity index (χ1) is 12.9. The van der Waals surface area contributed by atoms with Crippen molar-refractivity contribution in [3.05, 3.63) is 53.6 Å². The highest BCUT2D eigenvalue weighted by atomic mass is 32.2. The van der Waals surface area contributed by atoms with Gasteiger partial charge in [0, 0.05) is 5.69 Å². The fourth-order valence-corrected chi connectivity index (χ4v) is 3.30.